The van der Waals surface area contributed by atoms with E-state index in [0.717, 1.165) is 25.9 Å². The fourth-order valence-electron chi connectivity index (χ4n) is 2.43. The van der Waals surface area contributed by atoms with Crippen LogP contribution in [0.15, 0.2) is 0 Å². The van der Waals surface area contributed by atoms with Gasteiger partial charge in [0.05, 0.1) is 6.10 Å². The van der Waals surface area contributed by atoms with Crippen LogP contribution in [0.25, 0.3) is 0 Å². The number of hydrogen-bond donors (Lipinski definition) is 1. The number of likely N-dealkylation sites (tertiary alicyclic amines) is 1. The summed E-state index contributed by atoms with van der Waals surface area (Å²) < 4.78 is 0. The molecule has 1 saturated heterocycles. The van der Waals surface area contributed by atoms with Crippen LogP contribution in [-0.4, -0.2) is 34.7 Å². The molecule has 1 fully saturated rings. The average molecular weight is 227 g/mol. The van der Waals surface area contributed by atoms with E-state index >= 15 is 0 Å². The van der Waals surface area contributed by atoms with Crippen LogP contribution in [0.2, 0.25) is 0 Å². The number of hydrogen-bond acceptors (Lipinski definition) is 2. The van der Waals surface area contributed by atoms with Crippen molar-refractivity contribution in [2.24, 2.45) is 5.41 Å². The number of nitrogens with zero attached hydrogens (tertiary/aromatic N) is 1. The zero-order chi connectivity index (χ0) is 12.4. The van der Waals surface area contributed by atoms with E-state index in [2.05, 4.69) is 39.5 Å². The van der Waals surface area contributed by atoms with Gasteiger partial charge in [0.1, 0.15) is 0 Å². The molecule has 2 nitrogen and oxygen atoms in total. The molecule has 16 heavy (non-hydrogen) atoms. The average Bonchev–Trinajstić information content (AvgIpc) is 2.65. The summed E-state index contributed by atoms with van der Waals surface area (Å²) in [5.74, 6) is 0. The van der Waals surface area contributed by atoms with Crippen molar-refractivity contribution in [2.45, 2.75) is 71.9 Å². The Hall–Kier alpha value is -0.0800. The maximum Gasteiger partial charge on any atom is 0.0718 e. The fourth-order valence-corrected chi connectivity index (χ4v) is 2.43. The van der Waals surface area contributed by atoms with Gasteiger partial charge in [0.15, 0.2) is 0 Å². The Morgan fingerprint density at radius 3 is 2.00 bits per heavy atom. The van der Waals surface area contributed by atoms with Crippen LogP contribution in [0.3, 0.4) is 0 Å². The zero-order valence-electron chi connectivity index (χ0n) is 11.7. The molecule has 1 unspecified atom stereocenters. The Morgan fingerprint density at radius 1 is 1.06 bits per heavy atom. The summed E-state index contributed by atoms with van der Waals surface area (Å²) in [4.78, 5) is 2.44. The topological polar surface area (TPSA) is 23.5 Å². The highest BCUT2D eigenvalue weighted by atomic mass is 16.3. The molecule has 0 aromatic carbocycles. The van der Waals surface area contributed by atoms with Gasteiger partial charge >= 0.3 is 0 Å². The molecule has 0 spiro atoms. The third-order valence-corrected chi connectivity index (χ3v) is 3.90. The molecule has 1 heterocycles. The Bertz CT molecular complexity index is 211. The van der Waals surface area contributed by atoms with Crippen LogP contribution in [0, 0.1) is 5.41 Å². The first kappa shape index (κ1) is 14.0. The minimum atomic E-state index is -0.204. The highest BCUT2D eigenvalue weighted by Gasteiger charge is 2.35. The van der Waals surface area contributed by atoms with Gasteiger partial charge < -0.3 is 5.11 Å². The SMILES string of the molecule is CC(C)(C)CCC(O)C(C)(C)N1CCCC1. The second-order valence-electron chi connectivity index (χ2n) is 6.96. The number of rotatable bonds is 4. The van der Waals surface area contributed by atoms with Crippen molar-refractivity contribution in [3.8, 4) is 0 Å². The lowest BCUT2D eigenvalue weighted by Crippen LogP contribution is -2.51. The van der Waals surface area contributed by atoms with Gasteiger partial charge in [-0.05, 0) is 58.0 Å². The minimum Gasteiger partial charge on any atom is -0.391 e. The number of aliphatic hydroxyl groups is 1. The molecule has 0 saturated carbocycles. The molecule has 1 aliphatic heterocycles. The lowest BCUT2D eigenvalue weighted by Gasteiger charge is -2.40. The Morgan fingerprint density at radius 2 is 1.56 bits per heavy atom. The highest BCUT2D eigenvalue weighted by Crippen LogP contribution is 2.29. The molecule has 1 aliphatic rings. The Balaban J connectivity index is 2.47. The number of aliphatic hydroxyl groups excluding tert-OH is 1. The van der Waals surface area contributed by atoms with E-state index in [9.17, 15) is 5.11 Å². The largest absolute Gasteiger partial charge is 0.391 e. The van der Waals surface area contributed by atoms with Crippen molar-refractivity contribution in [3.05, 3.63) is 0 Å². The summed E-state index contributed by atoms with van der Waals surface area (Å²) in [6.07, 6.45) is 4.37. The van der Waals surface area contributed by atoms with Gasteiger partial charge in [-0.2, -0.15) is 0 Å². The molecular weight excluding hydrogens is 198 g/mol. The first-order valence-corrected chi connectivity index (χ1v) is 6.66. The predicted molar refractivity (Wildman–Crippen MR) is 69.6 cm³/mol. The molecule has 2 heteroatoms. The van der Waals surface area contributed by atoms with Gasteiger partial charge in [-0.15, -0.1) is 0 Å². The normalized spacial score (nSPS) is 21.4. The lowest BCUT2D eigenvalue weighted by molar-refractivity contribution is -0.00740. The first-order chi connectivity index (χ1) is 7.23. The van der Waals surface area contributed by atoms with Crippen molar-refractivity contribution < 1.29 is 5.11 Å². The van der Waals surface area contributed by atoms with Crippen LogP contribution in [0.1, 0.15) is 60.3 Å². The molecule has 0 bridgehead atoms. The van der Waals surface area contributed by atoms with Crippen molar-refractivity contribution in [2.75, 3.05) is 13.1 Å². The van der Waals surface area contributed by atoms with E-state index in [-0.39, 0.29) is 11.6 Å². The Labute approximate surface area is 101 Å². The third kappa shape index (κ3) is 3.74. The van der Waals surface area contributed by atoms with Crippen LogP contribution in [0.4, 0.5) is 0 Å². The molecular formula is C14H29NO. The van der Waals surface area contributed by atoms with Crippen LogP contribution in [0.5, 0.6) is 0 Å². The van der Waals surface area contributed by atoms with Crippen LogP contribution in [-0.2, 0) is 0 Å². The molecule has 96 valence electrons. The quantitative estimate of drug-likeness (QED) is 0.798. The van der Waals surface area contributed by atoms with E-state index in [4.69, 9.17) is 0 Å². The van der Waals surface area contributed by atoms with Crippen LogP contribution >= 0.6 is 0 Å². The van der Waals surface area contributed by atoms with Crippen LogP contribution < -0.4 is 0 Å². The zero-order valence-corrected chi connectivity index (χ0v) is 11.7. The molecule has 0 aromatic rings. The summed E-state index contributed by atoms with van der Waals surface area (Å²) >= 11 is 0. The standard InChI is InChI=1S/C14H29NO/c1-13(2,3)9-8-12(16)14(4,5)15-10-6-7-11-15/h12,16H,6-11H2,1-5H3. The van der Waals surface area contributed by atoms with Crippen molar-refractivity contribution in [1.82, 2.24) is 4.90 Å². The highest BCUT2D eigenvalue weighted by molar-refractivity contribution is 4.91. The molecule has 1 N–H and O–H groups in total. The minimum absolute atomic E-state index is 0.0538. The molecule has 0 amide bonds. The summed E-state index contributed by atoms with van der Waals surface area (Å²) in [5, 5.41) is 10.4. The van der Waals surface area contributed by atoms with E-state index in [1.165, 1.54) is 12.8 Å². The molecule has 1 atom stereocenters. The molecule has 0 aromatic heterocycles. The molecule has 0 radical (unpaired) electrons. The Kier molecular flexibility index (Phi) is 4.42. The summed E-state index contributed by atoms with van der Waals surface area (Å²) in [6, 6.07) is 0. The van der Waals surface area contributed by atoms with Gasteiger partial charge in [0.2, 0.25) is 0 Å². The van der Waals surface area contributed by atoms with Crippen molar-refractivity contribution >= 4 is 0 Å². The maximum atomic E-state index is 10.4. The van der Waals surface area contributed by atoms with Crippen molar-refractivity contribution in [3.63, 3.8) is 0 Å². The smallest absolute Gasteiger partial charge is 0.0718 e. The maximum absolute atomic E-state index is 10.4. The monoisotopic (exact) mass is 227 g/mol. The van der Waals surface area contributed by atoms with E-state index in [1.54, 1.807) is 0 Å². The van der Waals surface area contributed by atoms with Gasteiger partial charge in [0.25, 0.3) is 0 Å². The fraction of sp³-hybridized carbons (Fsp3) is 1.00. The summed E-state index contributed by atoms with van der Waals surface area (Å²) in [5.41, 5.74) is 0.268. The second kappa shape index (κ2) is 5.05. The predicted octanol–water partition coefficient (Wildman–Crippen LogP) is 3.05. The van der Waals surface area contributed by atoms with Gasteiger partial charge in [0, 0.05) is 5.54 Å². The van der Waals surface area contributed by atoms with Crippen molar-refractivity contribution in [1.29, 1.82) is 0 Å². The van der Waals surface area contributed by atoms with Gasteiger partial charge in [-0.1, -0.05) is 20.8 Å². The first-order valence-electron chi connectivity index (χ1n) is 6.66. The van der Waals surface area contributed by atoms with Gasteiger partial charge in [-0.25, -0.2) is 0 Å². The summed E-state index contributed by atoms with van der Waals surface area (Å²) in [7, 11) is 0. The van der Waals surface area contributed by atoms with E-state index < -0.39 is 0 Å². The van der Waals surface area contributed by atoms with Gasteiger partial charge in [-0.3, -0.25) is 4.90 Å². The van der Waals surface area contributed by atoms with E-state index in [0.29, 0.717) is 5.41 Å². The summed E-state index contributed by atoms with van der Waals surface area (Å²) in [6.45, 7) is 13.4. The second-order valence-corrected chi connectivity index (χ2v) is 6.96. The lowest BCUT2D eigenvalue weighted by atomic mass is 9.84. The van der Waals surface area contributed by atoms with E-state index in [1.807, 2.05) is 0 Å². The molecule has 0 aliphatic carbocycles. The third-order valence-electron chi connectivity index (χ3n) is 3.90. The molecule has 1 rings (SSSR count).